The van der Waals surface area contributed by atoms with Crippen LogP contribution in [0.3, 0.4) is 0 Å². The third-order valence-electron chi connectivity index (χ3n) is 5.29. The molecule has 0 radical (unpaired) electrons. The van der Waals surface area contributed by atoms with E-state index in [-0.39, 0.29) is 12.5 Å². The fourth-order valence-electron chi connectivity index (χ4n) is 3.65. The molecule has 2 heterocycles. The number of rotatable bonds is 6. The van der Waals surface area contributed by atoms with Crippen LogP contribution in [0.4, 0.5) is 0 Å². The first-order chi connectivity index (χ1) is 16.1. The summed E-state index contributed by atoms with van der Waals surface area (Å²) in [4.78, 5) is 17.2. The lowest BCUT2D eigenvalue weighted by Crippen LogP contribution is -2.27. The number of carbonyl (C=O) groups is 1. The Morgan fingerprint density at radius 2 is 1.88 bits per heavy atom. The molecule has 0 bridgehead atoms. The standard InChI is InChI=1S/C25H20ClN5O2/c1-16-7-6-9-17(13-16)24-28-25(33-30-24)23-19-10-3-5-12-21(19)31(29-23)15-22(32)27-14-18-8-2-4-11-20(18)26/h2-13H,14-15H2,1H3,(H,27,32). The smallest absolute Gasteiger partial charge is 0.279 e. The van der Waals surface area contributed by atoms with Crippen LogP contribution in [0.2, 0.25) is 5.02 Å². The van der Waals surface area contributed by atoms with Crippen LogP contribution in [0.1, 0.15) is 11.1 Å². The number of aryl methyl sites for hydroxylation is 1. The summed E-state index contributed by atoms with van der Waals surface area (Å²) in [5.41, 5.74) is 4.17. The number of benzene rings is 3. The Labute approximate surface area is 195 Å². The monoisotopic (exact) mass is 457 g/mol. The number of aromatic nitrogens is 4. The molecule has 0 saturated heterocycles. The molecule has 1 amide bonds. The van der Waals surface area contributed by atoms with Gasteiger partial charge in [-0.05, 0) is 30.7 Å². The lowest BCUT2D eigenvalue weighted by molar-refractivity contribution is -0.121. The van der Waals surface area contributed by atoms with Gasteiger partial charge in [0.05, 0.1) is 5.52 Å². The first-order valence-electron chi connectivity index (χ1n) is 10.5. The Hall–Kier alpha value is -3.97. The maximum Gasteiger partial charge on any atom is 0.279 e. The number of para-hydroxylation sites is 1. The number of hydrogen-bond donors (Lipinski definition) is 1. The molecule has 0 atom stereocenters. The van der Waals surface area contributed by atoms with Crippen molar-refractivity contribution >= 4 is 28.4 Å². The van der Waals surface area contributed by atoms with Crippen LogP contribution in [0.25, 0.3) is 33.9 Å². The van der Waals surface area contributed by atoms with Gasteiger partial charge in [0.15, 0.2) is 5.69 Å². The second kappa shape index (κ2) is 8.88. The molecule has 0 spiro atoms. The first-order valence-corrected chi connectivity index (χ1v) is 10.8. The summed E-state index contributed by atoms with van der Waals surface area (Å²) in [6.45, 7) is 2.40. The van der Waals surface area contributed by atoms with Crippen LogP contribution in [0, 0.1) is 6.92 Å². The Morgan fingerprint density at radius 1 is 1.06 bits per heavy atom. The van der Waals surface area contributed by atoms with Gasteiger partial charge < -0.3 is 9.84 Å². The molecule has 33 heavy (non-hydrogen) atoms. The molecule has 8 heteroatoms. The van der Waals surface area contributed by atoms with Crippen molar-refractivity contribution in [3.8, 4) is 23.0 Å². The molecule has 0 aliphatic rings. The van der Waals surface area contributed by atoms with Crippen molar-refractivity contribution in [1.82, 2.24) is 25.2 Å². The van der Waals surface area contributed by atoms with Gasteiger partial charge in [-0.15, -0.1) is 0 Å². The molecule has 0 fully saturated rings. The minimum absolute atomic E-state index is 0.0455. The van der Waals surface area contributed by atoms with E-state index in [0.717, 1.165) is 27.6 Å². The van der Waals surface area contributed by atoms with Crippen LogP contribution >= 0.6 is 11.6 Å². The Kier molecular flexibility index (Phi) is 5.62. The van der Waals surface area contributed by atoms with E-state index in [1.165, 1.54) is 0 Å². The molecule has 0 unspecified atom stereocenters. The Balaban J connectivity index is 1.41. The predicted octanol–water partition coefficient (Wildman–Crippen LogP) is 5.03. The molecule has 164 valence electrons. The molecule has 7 nitrogen and oxygen atoms in total. The minimum atomic E-state index is -0.180. The number of fused-ring (bicyclic) bond motifs is 1. The van der Waals surface area contributed by atoms with Gasteiger partial charge in [0.2, 0.25) is 11.7 Å². The number of halogens is 1. The second-order valence-corrected chi connectivity index (χ2v) is 8.09. The van der Waals surface area contributed by atoms with Gasteiger partial charge in [-0.1, -0.05) is 76.9 Å². The highest BCUT2D eigenvalue weighted by molar-refractivity contribution is 6.31. The molecule has 0 aliphatic carbocycles. The minimum Gasteiger partial charge on any atom is -0.350 e. The lowest BCUT2D eigenvalue weighted by atomic mass is 10.1. The van der Waals surface area contributed by atoms with Crippen molar-refractivity contribution in [3.05, 3.63) is 88.9 Å². The Morgan fingerprint density at radius 3 is 2.73 bits per heavy atom. The topological polar surface area (TPSA) is 85.8 Å². The van der Waals surface area contributed by atoms with E-state index in [1.807, 2.05) is 73.7 Å². The fraction of sp³-hybridized carbons (Fsp3) is 0.120. The van der Waals surface area contributed by atoms with E-state index in [9.17, 15) is 4.79 Å². The molecule has 3 aromatic carbocycles. The summed E-state index contributed by atoms with van der Waals surface area (Å²) >= 11 is 6.18. The van der Waals surface area contributed by atoms with Crippen molar-refractivity contribution in [2.45, 2.75) is 20.0 Å². The third-order valence-corrected chi connectivity index (χ3v) is 5.66. The maximum atomic E-state index is 12.6. The van der Waals surface area contributed by atoms with Crippen LogP contribution in [0.5, 0.6) is 0 Å². The number of hydrogen-bond acceptors (Lipinski definition) is 5. The van der Waals surface area contributed by atoms with E-state index in [0.29, 0.717) is 29.0 Å². The molecule has 0 saturated carbocycles. The third kappa shape index (κ3) is 4.36. The highest BCUT2D eigenvalue weighted by atomic mass is 35.5. The summed E-state index contributed by atoms with van der Waals surface area (Å²) in [7, 11) is 0. The molecule has 2 aromatic heterocycles. The summed E-state index contributed by atoms with van der Waals surface area (Å²) in [5, 5.41) is 13.1. The molecule has 5 aromatic rings. The SMILES string of the molecule is Cc1cccc(-c2noc(-c3nn(CC(=O)NCc4ccccc4Cl)c4ccccc34)n2)c1. The predicted molar refractivity (Wildman–Crippen MR) is 126 cm³/mol. The average molecular weight is 458 g/mol. The zero-order valence-electron chi connectivity index (χ0n) is 17.8. The molecular formula is C25H20ClN5O2. The molecule has 5 rings (SSSR count). The van der Waals surface area contributed by atoms with Crippen molar-refractivity contribution in [2.75, 3.05) is 0 Å². The quantitative estimate of drug-likeness (QED) is 0.386. The number of carbonyl (C=O) groups excluding carboxylic acids is 1. The summed E-state index contributed by atoms with van der Waals surface area (Å²) in [6.07, 6.45) is 0. The molecule has 0 aliphatic heterocycles. The zero-order valence-corrected chi connectivity index (χ0v) is 18.6. The van der Waals surface area contributed by atoms with Gasteiger partial charge in [0, 0.05) is 22.5 Å². The van der Waals surface area contributed by atoms with E-state index in [1.54, 1.807) is 10.7 Å². The number of nitrogens with one attached hydrogen (secondary N) is 1. The van der Waals surface area contributed by atoms with Gasteiger partial charge >= 0.3 is 0 Å². The van der Waals surface area contributed by atoms with Crippen LogP contribution in [-0.4, -0.2) is 25.8 Å². The van der Waals surface area contributed by atoms with Crippen LogP contribution < -0.4 is 5.32 Å². The summed E-state index contributed by atoms with van der Waals surface area (Å²) in [6, 6.07) is 22.9. The number of nitrogens with zero attached hydrogens (tertiary/aromatic N) is 4. The van der Waals surface area contributed by atoms with Crippen molar-refractivity contribution in [3.63, 3.8) is 0 Å². The lowest BCUT2D eigenvalue weighted by Gasteiger charge is -2.07. The highest BCUT2D eigenvalue weighted by Gasteiger charge is 2.19. The average Bonchev–Trinajstić information content (AvgIpc) is 3.44. The molecular weight excluding hydrogens is 438 g/mol. The van der Waals surface area contributed by atoms with Gasteiger partial charge in [-0.25, -0.2) is 0 Å². The van der Waals surface area contributed by atoms with Gasteiger partial charge in [0.25, 0.3) is 5.89 Å². The van der Waals surface area contributed by atoms with E-state index < -0.39 is 0 Å². The molecule has 1 N–H and O–H groups in total. The van der Waals surface area contributed by atoms with Crippen molar-refractivity contribution < 1.29 is 9.32 Å². The van der Waals surface area contributed by atoms with Crippen LogP contribution in [0.15, 0.2) is 77.3 Å². The first kappa shape index (κ1) is 20.9. The fourth-order valence-corrected chi connectivity index (χ4v) is 3.86. The number of amides is 1. The van der Waals surface area contributed by atoms with E-state index in [2.05, 4.69) is 20.6 Å². The maximum absolute atomic E-state index is 12.6. The van der Waals surface area contributed by atoms with Crippen molar-refractivity contribution in [1.29, 1.82) is 0 Å². The van der Waals surface area contributed by atoms with E-state index >= 15 is 0 Å². The van der Waals surface area contributed by atoms with Gasteiger partial charge in [-0.3, -0.25) is 9.48 Å². The largest absolute Gasteiger partial charge is 0.350 e. The zero-order chi connectivity index (χ0) is 22.8. The van der Waals surface area contributed by atoms with Gasteiger partial charge in [0.1, 0.15) is 6.54 Å². The van der Waals surface area contributed by atoms with Crippen molar-refractivity contribution in [2.24, 2.45) is 0 Å². The summed E-state index contributed by atoms with van der Waals surface area (Å²) in [5.74, 6) is 0.614. The Bertz CT molecular complexity index is 1460. The van der Waals surface area contributed by atoms with E-state index in [4.69, 9.17) is 16.1 Å². The normalized spacial score (nSPS) is 11.1. The van der Waals surface area contributed by atoms with Crippen LogP contribution in [-0.2, 0) is 17.9 Å². The second-order valence-electron chi connectivity index (χ2n) is 7.68. The summed E-state index contributed by atoms with van der Waals surface area (Å²) < 4.78 is 7.18. The van der Waals surface area contributed by atoms with Gasteiger partial charge in [-0.2, -0.15) is 10.1 Å². The highest BCUT2D eigenvalue weighted by Crippen LogP contribution is 2.28.